The van der Waals surface area contributed by atoms with Crippen LogP contribution in [0, 0.1) is 17.5 Å². The van der Waals surface area contributed by atoms with Gasteiger partial charge in [-0.2, -0.15) is 0 Å². The predicted octanol–water partition coefficient (Wildman–Crippen LogP) is 2.14. The molecule has 1 aromatic carbocycles. The number of halogens is 3. The molecule has 1 heterocycles. The highest BCUT2D eigenvalue weighted by molar-refractivity contribution is 5.81. The molecular formula is C12H13F3N2O. The van der Waals surface area contributed by atoms with Crippen LogP contribution in [0.3, 0.4) is 0 Å². The summed E-state index contributed by atoms with van der Waals surface area (Å²) >= 11 is 0. The fourth-order valence-electron chi connectivity index (χ4n) is 1.91. The van der Waals surface area contributed by atoms with E-state index in [9.17, 15) is 18.0 Å². The summed E-state index contributed by atoms with van der Waals surface area (Å²) in [6.45, 7) is 1.38. The molecule has 2 rings (SSSR count). The number of amides is 1. The highest BCUT2D eigenvalue weighted by atomic mass is 19.2. The molecule has 1 aliphatic rings. The van der Waals surface area contributed by atoms with Crippen molar-refractivity contribution in [3.05, 3.63) is 29.6 Å². The molecule has 1 N–H and O–H groups in total. The van der Waals surface area contributed by atoms with Crippen molar-refractivity contribution in [2.75, 3.05) is 25.0 Å². The molecule has 1 aromatic rings. The summed E-state index contributed by atoms with van der Waals surface area (Å²) in [6, 6.07) is 1.66. The van der Waals surface area contributed by atoms with Gasteiger partial charge in [0.2, 0.25) is 5.91 Å². The van der Waals surface area contributed by atoms with Crippen LogP contribution in [-0.4, -0.2) is 30.4 Å². The molecule has 98 valence electrons. The van der Waals surface area contributed by atoms with Crippen LogP contribution in [0.25, 0.3) is 0 Å². The average Bonchev–Trinajstić information content (AvgIpc) is 2.86. The maximum absolute atomic E-state index is 12.9. The summed E-state index contributed by atoms with van der Waals surface area (Å²) in [7, 11) is 0. The second-order valence-electron chi connectivity index (χ2n) is 4.20. The lowest BCUT2D eigenvalue weighted by Crippen LogP contribution is -2.33. The standard InChI is InChI=1S/C12H13F3N2O/c13-9-5-8(6-10(14)12(9)15)16-7-11(18)17-3-1-2-4-17/h5-6,16H,1-4,7H2. The number of hydrogen-bond donors (Lipinski definition) is 1. The van der Waals surface area contributed by atoms with Crippen LogP contribution in [0.15, 0.2) is 12.1 Å². The molecule has 0 aromatic heterocycles. The van der Waals surface area contributed by atoms with Gasteiger partial charge in [-0.3, -0.25) is 4.79 Å². The zero-order valence-corrected chi connectivity index (χ0v) is 9.68. The number of hydrogen-bond acceptors (Lipinski definition) is 2. The van der Waals surface area contributed by atoms with E-state index in [1.165, 1.54) is 0 Å². The number of likely N-dealkylation sites (tertiary alicyclic amines) is 1. The summed E-state index contributed by atoms with van der Waals surface area (Å²) < 4.78 is 38.5. The second-order valence-corrected chi connectivity index (χ2v) is 4.20. The first kappa shape index (κ1) is 12.7. The Morgan fingerprint density at radius 2 is 1.72 bits per heavy atom. The molecule has 1 amide bonds. The van der Waals surface area contributed by atoms with Gasteiger partial charge in [-0.25, -0.2) is 13.2 Å². The molecule has 0 unspecified atom stereocenters. The number of benzene rings is 1. The van der Waals surface area contributed by atoms with E-state index in [1.54, 1.807) is 4.90 Å². The molecule has 0 spiro atoms. The normalized spacial score (nSPS) is 14.9. The number of carbonyl (C=O) groups is 1. The van der Waals surface area contributed by atoms with Crippen LogP contribution in [0.5, 0.6) is 0 Å². The molecule has 18 heavy (non-hydrogen) atoms. The monoisotopic (exact) mass is 258 g/mol. The van der Waals surface area contributed by atoms with Gasteiger partial charge in [-0.05, 0) is 12.8 Å². The van der Waals surface area contributed by atoms with Gasteiger partial charge in [-0.1, -0.05) is 0 Å². The fraction of sp³-hybridized carbons (Fsp3) is 0.417. The van der Waals surface area contributed by atoms with E-state index in [0.29, 0.717) is 13.1 Å². The fourth-order valence-corrected chi connectivity index (χ4v) is 1.91. The topological polar surface area (TPSA) is 32.3 Å². The molecule has 1 saturated heterocycles. The minimum Gasteiger partial charge on any atom is -0.376 e. The first-order valence-electron chi connectivity index (χ1n) is 5.74. The number of carbonyl (C=O) groups excluding carboxylic acids is 1. The average molecular weight is 258 g/mol. The minimum absolute atomic E-state index is 0.0511. The van der Waals surface area contributed by atoms with E-state index in [4.69, 9.17) is 0 Å². The van der Waals surface area contributed by atoms with Crippen molar-refractivity contribution in [1.82, 2.24) is 4.90 Å². The molecule has 0 radical (unpaired) electrons. The van der Waals surface area contributed by atoms with Crippen molar-refractivity contribution in [3.63, 3.8) is 0 Å². The molecule has 1 aliphatic heterocycles. The van der Waals surface area contributed by atoms with Crippen LogP contribution in [-0.2, 0) is 4.79 Å². The summed E-state index contributed by atoms with van der Waals surface area (Å²) in [5.74, 6) is -4.18. The van der Waals surface area contributed by atoms with Crippen molar-refractivity contribution in [2.24, 2.45) is 0 Å². The van der Waals surface area contributed by atoms with E-state index < -0.39 is 17.5 Å². The van der Waals surface area contributed by atoms with E-state index >= 15 is 0 Å². The van der Waals surface area contributed by atoms with E-state index in [-0.39, 0.29) is 18.1 Å². The van der Waals surface area contributed by atoms with Crippen molar-refractivity contribution >= 4 is 11.6 Å². The smallest absolute Gasteiger partial charge is 0.241 e. The lowest BCUT2D eigenvalue weighted by molar-refractivity contribution is -0.128. The van der Waals surface area contributed by atoms with E-state index in [2.05, 4.69) is 5.32 Å². The predicted molar refractivity (Wildman–Crippen MR) is 60.6 cm³/mol. The van der Waals surface area contributed by atoms with Crippen LogP contribution >= 0.6 is 0 Å². The molecule has 0 saturated carbocycles. The third kappa shape index (κ3) is 2.75. The molecule has 6 heteroatoms. The Kier molecular flexibility index (Phi) is 3.74. The van der Waals surface area contributed by atoms with Gasteiger partial charge in [0.25, 0.3) is 0 Å². The second kappa shape index (κ2) is 5.29. The maximum Gasteiger partial charge on any atom is 0.241 e. The number of nitrogens with one attached hydrogen (secondary N) is 1. The molecule has 0 aliphatic carbocycles. The summed E-state index contributed by atoms with van der Waals surface area (Å²) in [6.07, 6.45) is 1.96. The van der Waals surface area contributed by atoms with Gasteiger partial charge in [0.15, 0.2) is 17.5 Å². The van der Waals surface area contributed by atoms with Gasteiger partial charge in [0.05, 0.1) is 6.54 Å². The van der Waals surface area contributed by atoms with Gasteiger partial charge in [0, 0.05) is 30.9 Å². The van der Waals surface area contributed by atoms with Crippen molar-refractivity contribution in [1.29, 1.82) is 0 Å². The molecule has 3 nitrogen and oxygen atoms in total. The number of rotatable bonds is 3. The van der Waals surface area contributed by atoms with Crippen molar-refractivity contribution in [3.8, 4) is 0 Å². The lowest BCUT2D eigenvalue weighted by atomic mass is 10.3. The van der Waals surface area contributed by atoms with E-state index in [1.807, 2.05) is 0 Å². The third-order valence-corrected chi connectivity index (χ3v) is 2.89. The Labute approximate surface area is 103 Å². The molecule has 0 bridgehead atoms. The van der Waals surface area contributed by atoms with Crippen LogP contribution in [0.1, 0.15) is 12.8 Å². The Hall–Kier alpha value is -1.72. The van der Waals surface area contributed by atoms with Crippen LogP contribution in [0.4, 0.5) is 18.9 Å². The number of anilines is 1. The SMILES string of the molecule is O=C(CNc1cc(F)c(F)c(F)c1)N1CCCC1. The van der Waals surface area contributed by atoms with Crippen LogP contribution < -0.4 is 5.32 Å². The van der Waals surface area contributed by atoms with Gasteiger partial charge in [-0.15, -0.1) is 0 Å². The molecule has 0 atom stereocenters. The third-order valence-electron chi connectivity index (χ3n) is 2.89. The Balaban J connectivity index is 1.95. The van der Waals surface area contributed by atoms with Crippen molar-refractivity contribution in [2.45, 2.75) is 12.8 Å². The summed E-state index contributed by atoms with van der Waals surface area (Å²) in [4.78, 5) is 13.3. The summed E-state index contributed by atoms with van der Waals surface area (Å²) in [5, 5.41) is 2.59. The Morgan fingerprint density at radius 3 is 2.28 bits per heavy atom. The maximum atomic E-state index is 12.9. The Bertz CT molecular complexity index is 436. The first-order valence-corrected chi connectivity index (χ1v) is 5.74. The van der Waals surface area contributed by atoms with Gasteiger partial charge in [0.1, 0.15) is 0 Å². The largest absolute Gasteiger partial charge is 0.376 e. The van der Waals surface area contributed by atoms with Gasteiger partial charge >= 0.3 is 0 Å². The Morgan fingerprint density at radius 1 is 1.17 bits per heavy atom. The van der Waals surface area contributed by atoms with Crippen LogP contribution in [0.2, 0.25) is 0 Å². The molecule has 1 fully saturated rings. The summed E-state index contributed by atoms with van der Waals surface area (Å²) in [5.41, 5.74) is 0.0546. The zero-order chi connectivity index (χ0) is 13.1. The highest BCUT2D eigenvalue weighted by Gasteiger charge is 2.17. The van der Waals surface area contributed by atoms with E-state index in [0.717, 1.165) is 25.0 Å². The zero-order valence-electron chi connectivity index (χ0n) is 9.68. The minimum atomic E-state index is -1.51. The quantitative estimate of drug-likeness (QED) is 0.842. The van der Waals surface area contributed by atoms with Crippen molar-refractivity contribution < 1.29 is 18.0 Å². The molecular weight excluding hydrogens is 245 g/mol. The highest BCUT2D eigenvalue weighted by Crippen LogP contribution is 2.17. The first-order chi connectivity index (χ1) is 8.58. The lowest BCUT2D eigenvalue weighted by Gasteiger charge is -2.16. The van der Waals surface area contributed by atoms with Gasteiger partial charge < -0.3 is 10.2 Å². The number of nitrogens with zero attached hydrogens (tertiary/aromatic N) is 1.